The van der Waals surface area contributed by atoms with Gasteiger partial charge in [0.05, 0.1) is 6.04 Å². The van der Waals surface area contributed by atoms with Gasteiger partial charge < -0.3 is 15.5 Å². The Bertz CT molecular complexity index is 780. The minimum absolute atomic E-state index is 0.197. The quantitative estimate of drug-likeness (QED) is 0.567. The summed E-state index contributed by atoms with van der Waals surface area (Å²) in [5.74, 6) is 0.869. The van der Waals surface area contributed by atoms with E-state index in [1.165, 1.54) is 48.3 Å². The predicted molar refractivity (Wildman–Crippen MR) is 118 cm³/mol. The second-order valence-corrected chi connectivity index (χ2v) is 7.47. The van der Waals surface area contributed by atoms with Crippen LogP contribution < -0.4 is 15.5 Å². The number of nitrogens with one attached hydrogen (secondary N) is 2. The SMILES string of the molecule is CCNC(=NCCc1ccncc1C)NC(C)c1cccc(N2CCCC2)c1. The summed E-state index contributed by atoms with van der Waals surface area (Å²) in [7, 11) is 0. The summed E-state index contributed by atoms with van der Waals surface area (Å²) in [4.78, 5) is 11.4. The number of guanidine groups is 1. The fourth-order valence-corrected chi connectivity index (χ4v) is 3.65. The van der Waals surface area contributed by atoms with Crippen molar-refractivity contribution in [1.82, 2.24) is 15.6 Å². The lowest BCUT2D eigenvalue weighted by Crippen LogP contribution is -2.39. The topological polar surface area (TPSA) is 52.6 Å². The van der Waals surface area contributed by atoms with Crippen LogP contribution in [0.15, 0.2) is 47.7 Å². The molecule has 150 valence electrons. The van der Waals surface area contributed by atoms with Gasteiger partial charge in [-0.1, -0.05) is 12.1 Å². The number of anilines is 1. The van der Waals surface area contributed by atoms with Gasteiger partial charge in [0, 0.05) is 44.3 Å². The third-order valence-electron chi connectivity index (χ3n) is 5.33. The van der Waals surface area contributed by atoms with Crippen LogP contribution in [-0.2, 0) is 6.42 Å². The number of rotatable bonds is 7. The molecule has 0 spiro atoms. The van der Waals surface area contributed by atoms with Crippen molar-refractivity contribution in [2.75, 3.05) is 31.1 Å². The Morgan fingerprint density at radius 1 is 1.25 bits per heavy atom. The fourth-order valence-electron chi connectivity index (χ4n) is 3.65. The van der Waals surface area contributed by atoms with Crippen LogP contribution in [0.25, 0.3) is 0 Å². The summed E-state index contributed by atoms with van der Waals surface area (Å²) in [6.07, 6.45) is 7.28. The van der Waals surface area contributed by atoms with Crippen LogP contribution in [0, 0.1) is 6.92 Å². The molecule has 1 fully saturated rings. The van der Waals surface area contributed by atoms with Crippen LogP contribution in [0.1, 0.15) is 49.4 Å². The lowest BCUT2D eigenvalue weighted by atomic mass is 10.1. The maximum Gasteiger partial charge on any atom is 0.191 e. The van der Waals surface area contributed by atoms with Crippen LogP contribution in [0.2, 0.25) is 0 Å². The summed E-state index contributed by atoms with van der Waals surface area (Å²) in [6, 6.07) is 11.2. The van der Waals surface area contributed by atoms with Crippen molar-refractivity contribution in [2.45, 2.75) is 46.1 Å². The Kier molecular flexibility index (Phi) is 7.29. The molecule has 3 rings (SSSR count). The number of aliphatic imine (C=N–C) groups is 1. The molecule has 0 amide bonds. The zero-order chi connectivity index (χ0) is 19.8. The maximum absolute atomic E-state index is 4.78. The van der Waals surface area contributed by atoms with Crippen molar-refractivity contribution in [1.29, 1.82) is 0 Å². The van der Waals surface area contributed by atoms with Crippen LogP contribution in [0.5, 0.6) is 0 Å². The van der Waals surface area contributed by atoms with Crippen LogP contribution in [0.3, 0.4) is 0 Å². The number of aromatic nitrogens is 1. The van der Waals surface area contributed by atoms with E-state index >= 15 is 0 Å². The van der Waals surface area contributed by atoms with E-state index in [0.717, 1.165) is 25.5 Å². The van der Waals surface area contributed by atoms with Crippen LogP contribution in [-0.4, -0.2) is 37.1 Å². The van der Waals surface area contributed by atoms with E-state index in [9.17, 15) is 0 Å². The highest BCUT2D eigenvalue weighted by atomic mass is 15.2. The number of benzene rings is 1. The molecule has 1 atom stereocenters. The smallest absolute Gasteiger partial charge is 0.191 e. The lowest BCUT2D eigenvalue weighted by Gasteiger charge is -2.22. The Morgan fingerprint density at radius 3 is 2.82 bits per heavy atom. The van der Waals surface area contributed by atoms with Crippen LogP contribution >= 0.6 is 0 Å². The normalized spacial score (nSPS) is 15.5. The molecule has 1 unspecified atom stereocenters. The van der Waals surface area contributed by atoms with Crippen molar-refractivity contribution in [3.8, 4) is 0 Å². The highest BCUT2D eigenvalue weighted by molar-refractivity contribution is 5.80. The molecule has 5 heteroatoms. The lowest BCUT2D eigenvalue weighted by molar-refractivity contribution is 0.685. The molecule has 2 N–H and O–H groups in total. The Morgan fingerprint density at radius 2 is 2.07 bits per heavy atom. The van der Waals surface area contributed by atoms with E-state index in [1.807, 2.05) is 12.4 Å². The first-order valence-corrected chi connectivity index (χ1v) is 10.5. The number of nitrogens with zero attached hydrogens (tertiary/aromatic N) is 3. The molecule has 1 aromatic carbocycles. The zero-order valence-electron chi connectivity index (χ0n) is 17.4. The standard InChI is InChI=1S/C23H33N5/c1-4-25-23(26-13-11-20-10-12-24-17-18(20)2)27-19(3)21-8-7-9-22(16-21)28-14-5-6-15-28/h7-10,12,16-17,19H,4-6,11,13-15H2,1-3H3,(H2,25,26,27). The van der Waals surface area contributed by atoms with Gasteiger partial charge >= 0.3 is 0 Å². The van der Waals surface area contributed by atoms with Gasteiger partial charge in [-0.05, 0) is 74.9 Å². The fraction of sp³-hybridized carbons (Fsp3) is 0.478. The van der Waals surface area contributed by atoms with E-state index in [2.05, 4.69) is 71.6 Å². The molecule has 1 aromatic heterocycles. The van der Waals surface area contributed by atoms with Gasteiger partial charge in [0.2, 0.25) is 0 Å². The number of aryl methyl sites for hydroxylation is 1. The molecule has 2 aromatic rings. The van der Waals surface area contributed by atoms with Crippen molar-refractivity contribution in [2.24, 2.45) is 4.99 Å². The molecule has 0 aliphatic carbocycles. The molecule has 2 heterocycles. The third-order valence-corrected chi connectivity index (χ3v) is 5.33. The average Bonchev–Trinajstić information content (AvgIpc) is 3.24. The summed E-state index contributed by atoms with van der Waals surface area (Å²) in [5.41, 5.74) is 5.16. The van der Waals surface area contributed by atoms with Crippen LogP contribution in [0.4, 0.5) is 5.69 Å². The average molecular weight is 380 g/mol. The number of hydrogen-bond acceptors (Lipinski definition) is 3. The Balaban J connectivity index is 1.62. The first kappa shape index (κ1) is 20.2. The first-order chi connectivity index (χ1) is 13.7. The van der Waals surface area contributed by atoms with E-state index in [1.54, 1.807) is 0 Å². The maximum atomic E-state index is 4.78. The molecule has 1 saturated heterocycles. The number of pyridine rings is 1. The highest BCUT2D eigenvalue weighted by Crippen LogP contribution is 2.23. The van der Waals surface area contributed by atoms with Gasteiger partial charge in [-0.25, -0.2) is 0 Å². The monoisotopic (exact) mass is 379 g/mol. The first-order valence-electron chi connectivity index (χ1n) is 10.5. The molecular formula is C23H33N5. The molecule has 1 aliphatic rings. The molecule has 28 heavy (non-hydrogen) atoms. The van der Waals surface area contributed by atoms with Crippen molar-refractivity contribution in [3.63, 3.8) is 0 Å². The van der Waals surface area contributed by atoms with E-state index in [4.69, 9.17) is 4.99 Å². The second-order valence-electron chi connectivity index (χ2n) is 7.47. The summed E-state index contributed by atoms with van der Waals surface area (Å²) in [5, 5.41) is 6.93. The summed E-state index contributed by atoms with van der Waals surface area (Å²) < 4.78 is 0. The predicted octanol–water partition coefficient (Wildman–Crippen LogP) is 3.85. The minimum atomic E-state index is 0.197. The van der Waals surface area contributed by atoms with E-state index < -0.39 is 0 Å². The van der Waals surface area contributed by atoms with E-state index in [-0.39, 0.29) is 6.04 Å². The molecule has 1 aliphatic heterocycles. The molecule has 0 saturated carbocycles. The van der Waals surface area contributed by atoms with Crippen molar-refractivity contribution >= 4 is 11.6 Å². The van der Waals surface area contributed by atoms with Gasteiger partial charge in [-0.2, -0.15) is 0 Å². The number of hydrogen-bond donors (Lipinski definition) is 2. The zero-order valence-corrected chi connectivity index (χ0v) is 17.4. The third kappa shape index (κ3) is 5.47. The van der Waals surface area contributed by atoms with Gasteiger partial charge in [0.25, 0.3) is 0 Å². The largest absolute Gasteiger partial charge is 0.372 e. The molecular weight excluding hydrogens is 346 g/mol. The Labute approximate surface area is 169 Å². The highest BCUT2D eigenvalue weighted by Gasteiger charge is 2.14. The van der Waals surface area contributed by atoms with Gasteiger partial charge in [-0.15, -0.1) is 0 Å². The van der Waals surface area contributed by atoms with Crippen molar-refractivity contribution < 1.29 is 0 Å². The molecule has 0 bridgehead atoms. The van der Waals surface area contributed by atoms with Crippen molar-refractivity contribution in [3.05, 3.63) is 59.4 Å². The summed E-state index contributed by atoms with van der Waals surface area (Å²) >= 11 is 0. The van der Waals surface area contributed by atoms with E-state index in [0.29, 0.717) is 0 Å². The molecule has 0 radical (unpaired) electrons. The summed E-state index contributed by atoms with van der Waals surface area (Å²) in [6.45, 7) is 10.3. The van der Waals surface area contributed by atoms with Gasteiger partial charge in [0.15, 0.2) is 5.96 Å². The van der Waals surface area contributed by atoms with Gasteiger partial charge in [-0.3, -0.25) is 9.98 Å². The second kappa shape index (κ2) is 10.1. The molecule has 5 nitrogen and oxygen atoms in total. The van der Waals surface area contributed by atoms with Gasteiger partial charge in [0.1, 0.15) is 0 Å². The Hall–Kier alpha value is -2.56. The minimum Gasteiger partial charge on any atom is -0.372 e.